The Morgan fingerprint density at radius 3 is 2.05 bits per heavy atom. The highest BCUT2D eigenvalue weighted by molar-refractivity contribution is 5.54. The molecule has 0 saturated heterocycles. The summed E-state index contributed by atoms with van der Waals surface area (Å²) in [5.74, 6) is 0.994. The molecule has 0 aliphatic carbocycles. The van der Waals surface area contributed by atoms with Crippen LogP contribution in [-0.4, -0.2) is 19.1 Å². The van der Waals surface area contributed by atoms with Crippen molar-refractivity contribution < 1.29 is 4.39 Å². The minimum absolute atomic E-state index is 0.113. The normalized spacial score (nSPS) is 11.7. The second-order valence-electron chi connectivity index (χ2n) is 6.97. The fourth-order valence-electron chi connectivity index (χ4n) is 2.48. The van der Waals surface area contributed by atoms with Gasteiger partial charge in [0.1, 0.15) is 5.82 Å². The molecule has 0 bridgehead atoms. The summed E-state index contributed by atoms with van der Waals surface area (Å²) in [5, 5.41) is 3.34. The maximum absolute atomic E-state index is 14.3. The standard InChI is InChI=1S/C18H31FN2/c1-13(2)11-21(12-14(3)4)18-9-7-8-17(19)16(18)10-20-15(5)6/h7-9,13-15,20H,10-12H2,1-6H3. The van der Waals surface area contributed by atoms with E-state index in [1.165, 1.54) is 0 Å². The molecule has 0 spiro atoms. The van der Waals surface area contributed by atoms with E-state index in [1.54, 1.807) is 6.07 Å². The predicted octanol–water partition coefficient (Wildman–Crippen LogP) is 4.44. The molecule has 21 heavy (non-hydrogen) atoms. The van der Waals surface area contributed by atoms with E-state index >= 15 is 0 Å². The van der Waals surface area contributed by atoms with Gasteiger partial charge in [0.15, 0.2) is 0 Å². The zero-order valence-electron chi connectivity index (χ0n) is 14.4. The largest absolute Gasteiger partial charge is 0.371 e. The van der Waals surface area contributed by atoms with Crippen molar-refractivity contribution in [3.63, 3.8) is 0 Å². The zero-order chi connectivity index (χ0) is 16.0. The molecule has 2 nitrogen and oxygen atoms in total. The summed E-state index contributed by atoms with van der Waals surface area (Å²) < 4.78 is 14.3. The van der Waals surface area contributed by atoms with E-state index in [4.69, 9.17) is 0 Å². The Hall–Kier alpha value is -1.09. The van der Waals surface area contributed by atoms with Crippen LogP contribution >= 0.6 is 0 Å². The van der Waals surface area contributed by atoms with Crippen LogP contribution in [0.15, 0.2) is 18.2 Å². The minimum Gasteiger partial charge on any atom is -0.371 e. The quantitative estimate of drug-likeness (QED) is 0.762. The van der Waals surface area contributed by atoms with Gasteiger partial charge in [-0.3, -0.25) is 0 Å². The van der Waals surface area contributed by atoms with Crippen LogP contribution in [0.4, 0.5) is 10.1 Å². The highest BCUT2D eigenvalue weighted by Crippen LogP contribution is 2.25. The number of anilines is 1. The van der Waals surface area contributed by atoms with Gasteiger partial charge in [0.2, 0.25) is 0 Å². The van der Waals surface area contributed by atoms with Gasteiger partial charge in [-0.1, -0.05) is 47.6 Å². The van der Waals surface area contributed by atoms with Crippen molar-refractivity contribution in [1.82, 2.24) is 5.32 Å². The van der Waals surface area contributed by atoms with Gasteiger partial charge in [-0.15, -0.1) is 0 Å². The van der Waals surface area contributed by atoms with Crippen molar-refractivity contribution in [2.45, 2.75) is 54.1 Å². The van der Waals surface area contributed by atoms with Crippen LogP contribution in [0, 0.1) is 17.7 Å². The van der Waals surface area contributed by atoms with Crippen molar-refractivity contribution in [3.8, 4) is 0 Å². The monoisotopic (exact) mass is 294 g/mol. The molecule has 1 aromatic rings. The second-order valence-corrected chi connectivity index (χ2v) is 6.97. The third-order valence-electron chi connectivity index (χ3n) is 3.29. The van der Waals surface area contributed by atoms with Crippen LogP contribution in [0.5, 0.6) is 0 Å². The number of rotatable bonds is 8. The zero-order valence-corrected chi connectivity index (χ0v) is 14.4. The molecular weight excluding hydrogens is 263 g/mol. The van der Waals surface area contributed by atoms with Crippen LogP contribution < -0.4 is 10.2 Å². The van der Waals surface area contributed by atoms with Crippen molar-refractivity contribution in [1.29, 1.82) is 0 Å². The van der Waals surface area contributed by atoms with Crippen LogP contribution in [-0.2, 0) is 6.54 Å². The maximum atomic E-state index is 14.3. The molecule has 0 aromatic heterocycles. The SMILES string of the molecule is CC(C)CN(CC(C)C)c1cccc(F)c1CNC(C)C. The molecule has 0 saturated carbocycles. The molecule has 0 radical (unpaired) electrons. The van der Waals surface area contributed by atoms with E-state index in [1.807, 2.05) is 12.1 Å². The van der Waals surface area contributed by atoms with E-state index in [0.717, 1.165) is 24.3 Å². The van der Waals surface area contributed by atoms with Crippen molar-refractivity contribution in [3.05, 3.63) is 29.6 Å². The van der Waals surface area contributed by atoms with Crippen LogP contribution in [0.2, 0.25) is 0 Å². The molecule has 0 aliphatic heterocycles. The van der Waals surface area contributed by atoms with E-state index in [2.05, 4.69) is 51.8 Å². The molecule has 120 valence electrons. The summed E-state index contributed by atoms with van der Waals surface area (Å²) in [6.07, 6.45) is 0. The summed E-state index contributed by atoms with van der Waals surface area (Å²) in [5.41, 5.74) is 1.82. The van der Waals surface area contributed by atoms with Crippen LogP contribution in [0.25, 0.3) is 0 Å². The number of nitrogens with zero attached hydrogens (tertiary/aromatic N) is 1. The van der Waals surface area contributed by atoms with E-state index < -0.39 is 0 Å². The fraction of sp³-hybridized carbons (Fsp3) is 0.667. The Morgan fingerprint density at radius 2 is 1.57 bits per heavy atom. The first kappa shape index (κ1) is 18.0. The molecule has 0 heterocycles. The molecule has 1 aromatic carbocycles. The summed E-state index contributed by atoms with van der Waals surface area (Å²) in [4.78, 5) is 2.33. The average molecular weight is 294 g/mol. The molecule has 0 fully saturated rings. The lowest BCUT2D eigenvalue weighted by atomic mass is 10.1. The lowest BCUT2D eigenvalue weighted by molar-refractivity contribution is 0.532. The number of hydrogen-bond acceptors (Lipinski definition) is 2. The summed E-state index contributed by atoms with van der Waals surface area (Å²) in [6, 6.07) is 5.77. The lowest BCUT2D eigenvalue weighted by Crippen LogP contribution is -2.33. The Bertz CT molecular complexity index is 417. The first-order valence-corrected chi connectivity index (χ1v) is 8.07. The van der Waals surface area contributed by atoms with Crippen molar-refractivity contribution in [2.24, 2.45) is 11.8 Å². The van der Waals surface area contributed by atoms with Gasteiger partial charge >= 0.3 is 0 Å². The van der Waals surface area contributed by atoms with Crippen LogP contribution in [0.1, 0.15) is 47.1 Å². The topological polar surface area (TPSA) is 15.3 Å². The molecule has 1 rings (SSSR count). The number of benzene rings is 1. The summed E-state index contributed by atoms with van der Waals surface area (Å²) in [6.45, 7) is 15.5. The highest BCUT2D eigenvalue weighted by atomic mass is 19.1. The predicted molar refractivity (Wildman–Crippen MR) is 90.3 cm³/mol. The van der Waals surface area contributed by atoms with E-state index in [-0.39, 0.29) is 5.82 Å². The van der Waals surface area contributed by atoms with Gasteiger partial charge in [-0.05, 0) is 24.0 Å². The van der Waals surface area contributed by atoms with Gasteiger partial charge in [-0.25, -0.2) is 4.39 Å². The highest BCUT2D eigenvalue weighted by Gasteiger charge is 2.17. The number of nitrogens with one attached hydrogen (secondary N) is 1. The van der Waals surface area contributed by atoms with Gasteiger partial charge in [-0.2, -0.15) is 0 Å². The minimum atomic E-state index is -0.113. The van der Waals surface area contributed by atoms with Gasteiger partial charge in [0.25, 0.3) is 0 Å². The maximum Gasteiger partial charge on any atom is 0.129 e. The van der Waals surface area contributed by atoms with Crippen molar-refractivity contribution >= 4 is 5.69 Å². The lowest BCUT2D eigenvalue weighted by Gasteiger charge is -2.31. The molecule has 0 unspecified atom stereocenters. The van der Waals surface area contributed by atoms with Crippen LogP contribution in [0.3, 0.4) is 0 Å². The number of halogens is 1. The molecular formula is C18H31FN2. The van der Waals surface area contributed by atoms with Gasteiger partial charge < -0.3 is 10.2 Å². The van der Waals surface area contributed by atoms with Gasteiger partial charge in [0.05, 0.1) is 0 Å². The second kappa shape index (κ2) is 8.38. The third kappa shape index (κ3) is 6.04. The first-order valence-electron chi connectivity index (χ1n) is 8.07. The third-order valence-corrected chi connectivity index (χ3v) is 3.29. The smallest absolute Gasteiger partial charge is 0.129 e. The van der Waals surface area contributed by atoms with Crippen molar-refractivity contribution in [2.75, 3.05) is 18.0 Å². The Labute approximate surface area is 129 Å². The first-order chi connectivity index (χ1) is 9.81. The summed E-state index contributed by atoms with van der Waals surface area (Å²) >= 11 is 0. The average Bonchev–Trinajstić information content (AvgIpc) is 2.34. The summed E-state index contributed by atoms with van der Waals surface area (Å²) in [7, 11) is 0. The molecule has 0 atom stereocenters. The molecule has 1 N–H and O–H groups in total. The molecule has 0 amide bonds. The Balaban J connectivity index is 3.07. The van der Waals surface area contributed by atoms with Gasteiger partial charge in [0, 0.05) is 36.9 Å². The Morgan fingerprint density at radius 1 is 1.00 bits per heavy atom. The van der Waals surface area contributed by atoms with E-state index in [0.29, 0.717) is 24.4 Å². The fourth-order valence-corrected chi connectivity index (χ4v) is 2.48. The number of hydrogen-bond donors (Lipinski definition) is 1. The Kier molecular flexibility index (Phi) is 7.16. The molecule has 0 aliphatic rings. The molecule has 3 heteroatoms. The van der Waals surface area contributed by atoms with E-state index in [9.17, 15) is 4.39 Å².